The smallest absolute Gasteiger partial charge is 0.261 e. The van der Waals surface area contributed by atoms with Gasteiger partial charge in [-0.05, 0) is 19.8 Å². The molecule has 2 rings (SSSR count). The van der Waals surface area contributed by atoms with Crippen LogP contribution in [-0.2, 0) is 19.1 Å². The van der Waals surface area contributed by atoms with E-state index in [4.69, 9.17) is 9.47 Å². The fourth-order valence-electron chi connectivity index (χ4n) is 5.54. The van der Waals surface area contributed by atoms with Crippen LogP contribution in [0, 0.1) is 5.92 Å². The Hall–Kier alpha value is -1.56. The molecule has 0 aromatic carbocycles. The first kappa shape index (κ1) is 35.6. The van der Waals surface area contributed by atoms with Gasteiger partial charge in [0.25, 0.3) is 5.91 Å². The SMILES string of the molecule is C[C@@H](CCCCCCCCCCCCCCCCO[C@@H]1O[C@H](CO)[C@@H](O)[C@H](O)[C@@H]1O)/C(O)=C1/C(=O)[C@H](C)N(C)C1=O. The predicted octanol–water partition coefficient (Wildman–Crippen LogP) is 3.53. The molecule has 2 saturated heterocycles. The van der Waals surface area contributed by atoms with E-state index in [1.807, 2.05) is 6.92 Å². The van der Waals surface area contributed by atoms with Gasteiger partial charge in [-0.25, -0.2) is 0 Å². The number of allylic oxidation sites excluding steroid dienone is 1. The first-order valence-corrected chi connectivity index (χ1v) is 15.8. The molecule has 0 aromatic heterocycles. The summed E-state index contributed by atoms with van der Waals surface area (Å²) >= 11 is 0. The van der Waals surface area contributed by atoms with E-state index in [-0.39, 0.29) is 28.9 Å². The maximum absolute atomic E-state index is 12.3. The van der Waals surface area contributed by atoms with E-state index in [9.17, 15) is 35.1 Å². The molecular weight excluding hydrogens is 530 g/mol. The third-order valence-corrected chi connectivity index (χ3v) is 8.63. The highest BCUT2D eigenvalue weighted by atomic mass is 16.7. The van der Waals surface area contributed by atoms with Gasteiger partial charge in [0.1, 0.15) is 35.7 Å². The molecule has 1 amide bonds. The summed E-state index contributed by atoms with van der Waals surface area (Å²) in [5.74, 6) is -0.872. The standard InChI is InChI=1S/C31H55NO9/c1-21(25(34)24-26(35)22(2)32(3)30(24)39)18-16-14-12-10-8-6-4-5-7-9-11-13-15-17-19-40-31-29(38)28(37)27(36)23(20-33)41-31/h21-23,27-29,31,33-34,36-38H,4-20H2,1-3H3/b25-24+/t21-,22-,23+,27+,28-,29-,31+/m0/s1. The first-order valence-electron chi connectivity index (χ1n) is 15.8. The molecule has 2 aliphatic rings. The number of ketones is 1. The number of unbranched alkanes of at least 4 members (excludes halogenated alkanes) is 13. The maximum Gasteiger partial charge on any atom is 0.261 e. The molecule has 5 N–H and O–H groups in total. The zero-order chi connectivity index (χ0) is 30.4. The molecule has 0 radical (unpaired) electrons. The van der Waals surface area contributed by atoms with E-state index < -0.39 is 43.4 Å². The summed E-state index contributed by atoms with van der Waals surface area (Å²) < 4.78 is 10.9. The van der Waals surface area contributed by atoms with Crippen molar-refractivity contribution < 1.29 is 44.6 Å². The van der Waals surface area contributed by atoms with Gasteiger partial charge in [0.05, 0.1) is 12.6 Å². The lowest BCUT2D eigenvalue weighted by Crippen LogP contribution is -2.59. The number of likely N-dealkylation sites (N-methyl/N-ethyl adjacent to an activating group) is 1. The van der Waals surface area contributed by atoms with E-state index in [0.717, 1.165) is 38.5 Å². The summed E-state index contributed by atoms with van der Waals surface area (Å²) in [6.07, 6.45) is 10.8. The number of carbonyl (C=O) groups is 2. The third kappa shape index (κ3) is 10.9. The first-order chi connectivity index (χ1) is 19.6. The van der Waals surface area contributed by atoms with Crippen molar-refractivity contribution in [2.45, 2.75) is 147 Å². The van der Waals surface area contributed by atoms with Gasteiger partial charge in [-0.2, -0.15) is 0 Å². The summed E-state index contributed by atoms with van der Waals surface area (Å²) in [5.41, 5.74) is -0.0211. The van der Waals surface area contributed by atoms with Crippen molar-refractivity contribution >= 4 is 11.7 Å². The number of amides is 1. The zero-order valence-corrected chi connectivity index (χ0v) is 25.4. The van der Waals surface area contributed by atoms with Gasteiger partial charge in [-0.3, -0.25) is 9.59 Å². The summed E-state index contributed by atoms with van der Waals surface area (Å²) in [6, 6.07) is -0.499. The number of carbonyl (C=O) groups excluding carboxylic acids is 2. The van der Waals surface area contributed by atoms with E-state index >= 15 is 0 Å². The van der Waals surface area contributed by atoms with Gasteiger partial charge in [-0.15, -0.1) is 0 Å². The van der Waals surface area contributed by atoms with Crippen LogP contribution in [0.15, 0.2) is 11.3 Å². The molecule has 7 atom stereocenters. The normalized spacial score (nSPS) is 28.9. The Morgan fingerprint density at radius 2 is 1.32 bits per heavy atom. The van der Waals surface area contributed by atoms with Crippen molar-refractivity contribution in [3.05, 3.63) is 11.3 Å². The summed E-state index contributed by atoms with van der Waals surface area (Å²) in [7, 11) is 1.59. The quantitative estimate of drug-likeness (QED) is 0.0624. The summed E-state index contributed by atoms with van der Waals surface area (Å²) in [6.45, 7) is 3.51. The van der Waals surface area contributed by atoms with Gasteiger partial charge in [-0.1, -0.05) is 90.4 Å². The van der Waals surface area contributed by atoms with Crippen LogP contribution in [0.25, 0.3) is 0 Å². The number of rotatable bonds is 20. The molecule has 10 nitrogen and oxygen atoms in total. The van der Waals surface area contributed by atoms with Crippen molar-refractivity contribution in [1.82, 2.24) is 4.90 Å². The number of hydrogen-bond donors (Lipinski definition) is 5. The topological polar surface area (TPSA) is 157 Å². The minimum atomic E-state index is -1.40. The molecule has 0 aromatic rings. The molecule has 0 unspecified atom stereocenters. The van der Waals surface area contributed by atoms with Crippen LogP contribution in [0.2, 0.25) is 0 Å². The highest BCUT2D eigenvalue weighted by molar-refractivity contribution is 6.26. The number of aliphatic hydroxyl groups is 5. The fourth-order valence-corrected chi connectivity index (χ4v) is 5.54. The second-order valence-electron chi connectivity index (χ2n) is 11.9. The third-order valence-electron chi connectivity index (χ3n) is 8.63. The minimum absolute atomic E-state index is 0.0211. The van der Waals surface area contributed by atoms with Gasteiger partial charge in [0, 0.05) is 19.6 Å². The molecule has 2 heterocycles. The Labute approximate surface area is 245 Å². The summed E-state index contributed by atoms with van der Waals surface area (Å²) in [5, 5.41) is 49.2. The monoisotopic (exact) mass is 585 g/mol. The van der Waals surface area contributed by atoms with Crippen molar-refractivity contribution in [1.29, 1.82) is 0 Å². The van der Waals surface area contributed by atoms with Crippen molar-refractivity contribution in [3.63, 3.8) is 0 Å². The second kappa shape index (κ2) is 18.9. The van der Waals surface area contributed by atoms with Crippen LogP contribution in [0.1, 0.15) is 110 Å². The molecular formula is C31H55NO9. The average Bonchev–Trinajstić information content (AvgIpc) is 3.15. The number of hydrogen-bond acceptors (Lipinski definition) is 9. The number of Topliss-reactive ketones (excluding diaryl/α,β-unsaturated/α-hetero) is 1. The molecule has 0 aliphatic carbocycles. The minimum Gasteiger partial charge on any atom is -0.511 e. The van der Waals surface area contributed by atoms with E-state index in [1.54, 1.807) is 14.0 Å². The fraction of sp³-hybridized carbons (Fsp3) is 0.871. The lowest BCUT2D eigenvalue weighted by Gasteiger charge is -2.39. The lowest BCUT2D eigenvalue weighted by molar-refractivity contribution is -0.301. The van der Waals surface area contributed by atoms with Crippen molar-refractivity contribution in [3.8, 4) is 0 Å². The Morgan fingerprint density at radius 3 is 1.78 bits per heavy atom. The molecule has 41 heavy (non-hydrogen) atoms. The Kier molecular flexibility index (Phi) is 16.4. The van der Waals surface area contributed by atoms with E-state index in [1.165, 1.54) is 62.7 Å². The number of likely N-dealkylation sites (tertiary alicyclic amines) is 1. The van der Waals surface area contributed by atoms with Crippen LogP contribution >= 0.6 is 0 Å². The van der Waals surface area contributed by atoms with Crippen LogP contribution in [-0.4, -0.2) is 99.1 Å². The van der Waals surface area contributed by atoms with Crippen LogP contribution in [0.3, 0.4) is 0 Å². The molecule has 0 saturated carbocycles. The van der Waals surface area contributed by atoms with Gasteiger partial charge in [0.2, 0.25) is 0 Å². The van der Waals surface area contributed by atoms with Crippen LogP contribution in [0.5, 0.6) is 0 Å². The zero-order valence-electron chi connectivity index (χ0n) is 25.4. The van der Waals surface area contributed by atoms with Gasteiger partial charge < -0.3 is 39.9 Å². The van der Waals surface area contributed by atoms with Gasteiger partial charge in [0.15, 0.2) is 12.1 Å². The maximum atomic E-state index is 12.3. The molecule has 10 heteroatoms. The Morgan fingerprint density at radius 1 is 0.829 bits per heavy atom. The van der Waals surface area contributed by atoms with E-state index in [2.05, 4.69) is 0 Å². The molecule has 0 spiro atoms. The van der Waals surface area contributed by atoms with Gasteiger partial charge >= 0.3 is 0 Å². The number of aliphatic hydroxyl groups excluding tert-OH is 5. The van der Waals surface area contributed by atoms with Crippen molar-refractivity contribution in [2.24, 2.45) is 5.92 Å². The molecule has 0 bridgehead atoms. The van der Waals surface area contributed by atoms with Crippen LogP contribution < -0.4 is 0 Å². The Bertz CT molecular complexity index is 795. The largest absolute Gasteiger partial charge is 0.511 e. The lowest BCUT2D eigenvalue weighted by atomic mass is 9.95. The van der Waals surface area contributed by atoms with Crippen LogP contribution in [0.4, 0.5) is 0 Å². The molecule has 2 aliphatic heterocycles. The number of ether oxygens (including phenoxy) is 2. The average molecular weight is 586 g/mol. The highest BCUT2D eigenvalue weighted by Crippen LogP contribution is 2.27. The highest BCUT2D eigenvalue weighted by Gasteiger charge is 2.44. The summed E-state index contributed by atoms with van der Waals surface area (Å²) in [4.78, 5) is 25.9. The number of nitrogens with zero attached hydrogens (tertiary/aromatic N) is 1. The Balaban J connectivity index is 1.37. The molecule has 238 valence electrons. The van der Waals surface area contributed by atoms with Crippen molar-refractivity contribution in [2.75, 3.05) is 20.3 Å². The second-order valence-corrected chi connectivity index (χ2v) is 11.9. The molecule has 2 fully saturated rings. The van der Waals surface area contributed by atoms with E-state index in [0.29, 0.717) is 6.61 Å². The predicted molar refractivity (Wildman–Crippen MR) is 155 cm³/mol.